The Labute approximate surface area is 110 Å². The molecule has 0 aromatic heterocycles. The summed E-state index contributed by atoms with van der Waals surface area (Å²) in [4.78, 5) is 0. The van der Waals surface area contributed by atoms with Gasteiger partial charge in [0.15, 0.2) is 0 Å². The van der Waals surface area contributed by atoms with E-state index in [0.29, 0.717) is 0 Å². The summed E-state index contributed by atoms with van der Waals surface area (Å²) in [5.41, 5.74) is 6.78. The summed E-state index contributed by atoms with van der Waals surface area (Å²) >= 11 is 0. The minimum Gasteiger partial charge on any atom is -0.103 e. The lowest BCUT2D eigenvalue weighted by Crippen LogP contribution is -1.87. The van der Waals surface area contributed by atoms with E-state index in [1.54, 1.807) is 0 Å². The monoisotopic (exact) mass is 236 g/mol. The second-order valence-electron chi connectivity index (χ2n) is 4.80. The zero-order chi connectivity index (χ0) is 13.0. The molecule has 18 heavy (non-hydrogen) atoms. The molecule has 0 bridgehead atoms. The van der Waals surface area contributed by atoms with Crippen molar-refractivity contribution in [3.63, 3.8) is 0 Å². The van der Waals surface area contributed by atoms with E-state index in [4.69, 9.17) is 0 Å². The van der Waals surface area contributed by atoms with E-state index in [1.165, 1.54) is 27.8 Å². The molecule has 0 heterocycles. The van der Waals surface area contributed by atoms with Gasteiger partial charge in [-0.1, -0.05) is 54.1 Å². The molecule has 92 valence electrons. The van der Waals surface area contributed by atoms with Crippen LogP contribution in [0.1, 0.15) is 37.8 Å². The van der Waals surface area contributed by atoms with Crippen molar-refractivity contribution in [1.29, 1.82) is 0 Å². The van der Waals surface area contributed by atoms with Crippen LogP contribution in [-0.2, 0) is 0 Å². The van der Waals surface area contributed by atoms with Crippen molar-refractivity contribution in [2.45, 2.75) is 26.7 Å². The molecule has 0 radical (unpaired) electrons. The molecule has 1 aliphatic rings. The van der Waals surface area contributed by atoms with Crippen molar-refractivity contribution in [3.05, 3.63) is 71.3 Å². The molecule has 2 rings (SSSR count). The van der Waals surface area contributed by atoms with Crippen LogP contribution in [-0.4, -0.2) is 0 Å². The topological polar surface area (TPSA) is 0 Å². The first-order valence-corrected chi connectivity index (χ1v) is 6.46. The smallest absolute Gasteiger partial charge is 0.0129 e. The molecule has 0 amide bonds. The lowest BCUT2D eigenvalue weighted by Gasteiger charge is -2.08. The van der Waals surface area contributed by atoms with Crippen molar-refractivity contribution in [1.82, 2.24) is 0 Å². The highest BCUT2D eigenvalue weighted by Crippen LogP contribution is 2.27. The maximum Gasteiger partial charge on any atom is -0.0129 e. The zero-order valence-corrected chi connectivity index (χ0v) is 11.2. The molecule has 0 saturated heterocycles. The fourth-order valence-corrected chi connectivity index (χ4v) is 2.33. The van der Waals surface area contributed by atoms with Crippen LogP contribution >= 0.6 is 0 Å². The molecule has 0 aliphatic heterocycles. The third kappa shape index (κ3) is 2.70. The van der Waals surface area contributed by atoms with Gasteiger partial charge in [-0.25, -0.2) is 0 Å². The SMILES string of the molecule is C=CC/C1=C\C(C)=C(/C)c2ccccc2C=CC1. The Kier molecular flexibility index (Phi) is 3.99. The van der Waals surface area contributed by atoms with Gasteiger partial charge in [0, 0.05) is 0 Å². The van der Waals surface area contributed by atoms with Gasteiger partial charge in [-0.3, -0.25) is 0 Å². The van der Waals surface area contributed by atoms with Gasteiger partial charge in [0.05, 0.1) is 0 Å². The summed E-state index contributed by atoms with van der Waals surface area (Å²) in [6, 6.07) is 8.59. The number of rotatable bonds is 2. The van der Waals surface area contributed by atoms with E-state index in [1.807, 2.05) is 6.08 Å². The molecule has 0 N–H and O–H groups in total. The Morgan fingerprint density at radius 1 is 1.22 bits per heavy atom. The molecule has 0 unspecified atom stereocenters. The van der Waals surface area contributed by atoms with Crippen LogP contribution < -0.4 is 0 Å². The second kappa shape index (κ2) is 5.68. The summed E-state index contributed by atoms with van der Waals surface area (Å²) in [6.45, 7) is 8.23. The minimum absolute atomic E-state index is 0.964. The number of hydrogen-bond donors (Lipinski definition) is 0. The van der Waals surface area contributed by atoms with E-state index in [-0.39, 0.29) is 0 Å². The van der Waals surface area contributed by atoms with Gasteiger partial charge in [0.1, 0.15) is 0 Å². The Bertz CT molecular complexity index is 539. The van der Waals surface area contributed by atoms with E-state index in [9.17, 15) is 0 Å². The number of allylic oxidation sites excluding steroid dienone is 6. The molecule has 0 spiro atoms. The molecule has 1 aromatic rings. The predicted molar refractivity (Wildman–Crippen MR) is 81.3 cm³/mol. The van der Waals surface area contributed by atoms with Gasteiger partial charge in [0.25, 0.3) is 0 Å². The minimum atomic E-state index is 0.964. The number of benzene rings is 1. The third-order valence-electron chi connectivity index (χ3n) is 3.46. The molecule has 1 aromatic carbocycles. The van der Waals surface area contributed by atoms with Crippen molar-refractivity contribution in [2.75, 3.05) is 0 Å². The zero-order valence-electron chi connectivity index (χ0n) is 11.2. The summed E-state index contributed by atoms with van der Waals surface area (Å²) in [6.07, 6.45) is 10.7. The number of hydrogen-bond acceptors (Lipinski definition) is 0. The van der Waals surface area contributed by atoms with Gasteiger partial charge >= 0.3 is 0 Å². The largest absolute Gasteiger partial charge is 0.103 e. The van der Waals surface area contributed by atoms with Crippen LogP contribution in [0, 0.1) is 0 Å². The van der Waals surface area contributed by atoms with Crippen LogP contribution in [0.15, 0.2) is 60.2 Å². The van der Waals surface area contributed by atoms with Crippen molar-refractivity contribution in [2.24, 2.45) is 0 Å². The Morgan fingerprint density at radius 3 is 2.78 bits per heavy atom. The predicted octanol–water partition coefficient (Wildman–Crippen LogP) is 5.40. The average molecular weight is 236 g/mol. The summed E-state index contributed by atoms with van der Waals surface area (Å²) in [5, 5.41) is 0. The second-order valence-corrected chi connectivity index (χ2v) is 4.80. The first-order chi connectivity index (χ1) is 8.72. The molecule has 0 heteroatoms. The van der Waals surface area contributed by atoms with Crippen LogP contribution in [0.3, 0.4) is 0 Å². The molecule has 1 aliphatic carbocycles. The standard InChI is InChI=1S/C18H20/c1-4-8-16-9-7-11-17-10-5-6-12-18(17)15(3)14(2)13-16/h4-7,10-13H,1,8-9H2,2-3H3/b11-7?,15-14+,16-13+. The maximum atomic E-state index is 3.83. The van der Waals surface area contributed by atoms with Crippen LogP contribution in [0.5, 0.6) is 0 Å². The van der Waals surface area contributed by atoms with Crippen LogP contribution in [0.25, 0.3) is 11.6 Å². The Morgan fingerprint density at radius 2 is 2.00 bits per heavy atom. The molecule has 0 fully saturated rings. The highest BCUT2D eigenvalue weighted by molar-refractivity contribution is 5.76. The Balaban J connectivity index is 2.53. The van der Waals surface area contributed by atoms with E-state index >= 15 is 0 Å². The highest BCUT2D eigenvalue weighted by atomic mass is 14.1. The fraction of sp³-hybridized carbons (Fsp3) is 0.222. The van der Waals surface area contributed by atoms with Crippen molar-refractivity contribution < 1.29 is 0 Å². The van der Waals surface area contributed by atoms with Gasteiger partial charge in [0.2, 0.25) is 0 Å². The summed E-state index contributed by atoms with van der Waals surface area (Å²) < 4.78 is 0. The summed E-state index contributed by atoms with van der Waals surface area (Å²) in [5.74, 6) is 0. The lowest BCUT2D eigenvalue weighted by molar-refractivity contribution is 1.11. The third-order valence-corrected chi connectivity index (χ3v) is 3.46. The van der Waals surface area contributed by atoms with Gasteiger partial charge in [-0.2, -0.15) is 0 Å². The van der Waals surface area contributed by atoms with E-state index < -0.39 is 0 Å². The maximum absolute atomic E-state index is 3.83. The average Bonchev–Trinajstić information content (AvgIpc) is 2.43. The Hall–Kier alpha value is -1.82. The van der Waals surface area contributed by atoms with Crippen LogP contribution in [0.2, 0.25) is 0 Å². The van der Waals surface area contributed by atoms with Gasteiger partial charge in [-0.15, -0.1) is 6.58 Å². The summed E-state index contributed by atoms with van der Waals surface area (Å²) in [7, 11) is 0. The lowest BCUT2D eigenvalue weighted by atomic mass is 9.97. The van der Waals surface area contributed by atoms with Gasteiger partial charge < -0.3 is 0 Å². The van der Waals surface area contributed by atoms with Gasteiger partial charge in [-0.05, 0) is 49.0 Å². The van der Waals surface area contributed by atoms with E-state index in [0.717, 1.165) is 12.8 Å². The first kappa shape index (κ1) is 12.6. The quantitative estimate of drug-likeness (QED) is 0.603. The van der Waals surface area contributed by atoms with E-state index in [2.05, 4.69) is 62.9 Å². The van der Waals surface area contributed by atoms with Crippen molar-refractivity contribution in [3.8, 4) is 0 Å². The normalized spacial score (nSPS) is 22.2. The first-order valence-electron chi connectivity index (χ1n) is 6.46. The van der Waals surface area contributed by atoms with Crippen molar-refractivity contribution >= 4 is 11.6 Å². The van der Waals surface area contributed by atoms with Crippen LogP contribution in [0.4, 0.5) is 0 Å². The highest BCUT2D eigenvalue weighted by Gasteiger charge is 2.06. The molecule has 0 nitrogen and oxygen atoms in total. The fourth-order valence-electron chi connectivity index (χ4n) is 2.33. The number of fused-ring (bicyclic) bond motifs is 1. The molecule has 0 atom stereocenters. The molecular formula is C18H20. The molecular weight excluding hydrogens is 216 g/mol. The molecule has 0 saturated carbocycles.